The molecule has 49 heavy (non-hydrogen) atoms. The van der Waals surface area contributed by atoms with E-state index in [4.69, 9.17) is 37.3 Å². The Morgan fingerprint density at radius 3 is 1.98 bits per heavy atom. The molecule has 7 atom stereocenters. The van der Waals surface area contributed by atoms with Crippen LogP contribution in [0.1, 0.15) is 119 Å². The SMILES string of the molecule is CCOC(=O)CC/C=C/[C@H]1OC2(CCCC2)O[C@@H]1[C@@H]1O[C@@H]([C@H]2COC3(CCCC3)O2)C[C@@H](O[Si](C)(C)C(C)(C)C)[C@H]1O[Si](C)(C)C(C)(C)C. The van der Waals surface area contributed by atoms with Gasteiger partial charge in [-0.15, -0.1) is 0 Å². The Morgan fingerprint density at radius 2 is 1.39 bits per heavy atom. The standard InChI is InChI=1S/C38H68O9Si2/c1-12-40-31(39)20-14-13-19-27-32(45-38(43-27)23-17-18-24-38)34-33(47-49(10,11)36(5,6)7)29(46-48(8,9)35(2,3)4)25-28(42-34)30-26-41-37(44-30)21-15-16-22-37/h13,19,27-30,32-34H,12,14-18,20-26H2,1-11H3/b19-13+/t27-,28-,29-,30-,32+,33-,34+/m1/s1. The van der Waals surface area contributed by atoms with Crippen molar-refractivity contribution in [3.05, 3.63) is 12.2 Å². The van der Waals surface area contributed by atoms with Gasteiger partial charge in [0.15, 0.2) is 28.2 Å². The van der Waals surface area contributed by atoms with Gasteiger partial charge in [0.2, 0.25) is 0 Å². The summed E-state index contributed by atoms with van der Waals surface area (Å²) in [6, 6.07) is 0. The minimum absolute atomic E-state index is 0.0146. The average Bonchev–Trinajstić information content (AvgIpc) is 3.81. The van der Waals surface area contributed by atoms with E-state index in [-0.39, 0.29) is 46.6 Å². The van der Waals surface area contributed by atoms with Crippen molar-refractivity contribution in [3.8, 4) is 0 Å². The number of rotatable bonds is 11. The quantitative estimate of drug-likeness (QED) is 0.118. The molecule has 11 heteroatoms. The van der Waals surface area contributed by atoms with E-state index >= 15 is 0 Å². The largest absolute Gasteiger partial charge is 0.466 e. The smallest absolute Gasteiger partial charge is 0.306 e. The molecule has 3 heterocycles. The fourth-order valence-corrected chi connectivity index (χ4v) is 10.2. The number of hydrogen-bond acceptors (Lipinski definition) is 9. The first-order valence-corrected chi connectivity index (χ1v) is 25.1. The molecule has 3 saturated heterocycles. The van der Waals surface area contributed by atoms with Gasteiger partial charge in [0.25, 0.3) is 0 Å². The van der Waals surface area contributed by atoms with Gasteiger partial charge in [-0.25, -0.2) is 0 Å². The highest BCUT2D eigenvalue weighted by atomic mass is 28.4. The maximum Gasteiger partial charge on any atom is 0.306 e. The second-order valence-electron chi connectivity index (χ2n) is 18.3. The molecule has 5 aliphatic rings. The molecular formula is C38H68O9Si2. The Labute approximate surface area is 299 Å². The summed E-state index contributed by atoms with van der Waals surface area (Å²) in [4.78, 5) is 12.1. The van der Waals surface area contributed by atoms with Gasteiger partial charge in [-0.3, -0.25) is 4.79 Å². The molecule has 3 aliphatic heterocycles. The maximum atomic E-state index is 12.1. The molecule has 0 N–H and O–H groups in total. The minimum Gasteiger partial charge on any atom is -0.466 e. The molecule has 5 fully saturated rings. The molecular weight excluding hydrogens is 657 g/mol. The molecule has 0 unspecified atom stereocenters. The molecule has 282 valence electrons. The van der Waals surface area contributed by atoms with Gasteiger partial charge in [0, 0.05) is 38.5 Å². The van der Waals surface area contributed by atoms with Crippen molar-refractivity contribution in [3.63, 3.8) is 0 Å². The lowest BCUT2D eigenvalue weighted by molar-refractivity contribution is -0.240. The van der Waals surface area contributed by atoms with Crippen LogP contribution in [0, 0.1) is 0 Å². The molecule has 0 aromatic carbocycles. The number of carbonyl (C=O) groups is 1. The highest BCUT2D eigenvalue weighted by Crippen LogP contribution is 2.49. The van der Waals surface area contributed by atoms with Crippen LogP contribution in [0.3, 0.4) is 0 Å². The normalized spacial score (nSPS) is 33.7. The van der Waals surface area contributed by atoms with Crippen molar-refractivity contribution in [2.75, 3.05) is 13.2 Å². The van der Waals surface area contributed by atoms with Gasteiger partial charge in [-0.05, 0) is 75.3 Å². The Morgan fingerprint density at radius 1 is 0.796 bits per heavy atom. The van der Waals surface area contributed by atoms with Crippen LogP contribution in [0.2, 0.25) is 36.3 Å². The molecule has 2 spiro atoms. The first-order chi connectivity index (χ1) is 22.8. The lowest BCUT2D eigenvalue weighted by atomic mass is 9.90. The summed E-state index contributed by atoms with van der Waals surface area (Å²) in [7, 11) is -4.55. The Hall–Kier alpha value is -0.636. The van der Waals surface area contributed by atoms with Crippen molar-refractivity contribution in [1.82, 2.24) is 0 Å². The third kappa shape index (κ3) is 8.95. The predicted molar refractivity (Wildman–Crippen MR) is 195 cm³/mol. The van der Waals surface area contributed by atoms with Crippen molar-refractivity contribution in [2.45, 2.75) is 210 Å². The lowest BCUT2D eigenvalue weighted by Crippen LogP contribution is -2.64. The molecule has 5 rings (SSSR count). The highest BCUT2D eigenvalue weighted by molar-refractivity contribution is 6.74. The number of esters is 1. The fourth-order valence-electron chi connectivity index (χ4n) is 7.56. The summed E-state index contributed by atoms with van der Waals surface area (Å²) in [6.45, 7) is 25.8. The van der Waals surface area contributed by atoms with E-state index in [2.05, 4.69) is 73.8 Å². The Balaban J connectivity index is 1.52. The topological polar surface area (TPSA) is 90.9 Å². The third-order valence-corrected chi connectivity index (χ3v) is 21.5. The summed E-state index contributed by atoms with van der Waals surface area (Å²) >= 11 is 0. The van der Waals surface area contributed by atoms with Crippen LogP contribution in [-0.2, 0) is 42.1 Å². The van der Waals surface area contributed by atoms with Gasteiger partial charge < -0.3 is 37.3 Å². The number of carbonyl (C=O) groups excluding carboxylic acids is 1. The summed E-state index contributed by atoms with van der Waals surface area (Å²) in [5, 5.41) is 0.00304. The van der Waals surface area contributed by atoms with Gasteiger partial charge in [0.1, 0.15) is 24.4 Å². The molecule has 0 amide bonds. The van der Waals surface area contributed by atoms with Crippen LogP contribution >= 0.6 is 0 Å². The van der Waals surface area contributed by atoms with E-state index in [0.717, 1.165) is 51.4 Å². The molecule has 0 bridgehead atoms. The first-order valence-electron chi connectivity index (χ1n) is 19.3. The number of hydrogen-bond donors (Lipinski definition) is 0. The van der Waals surface area contributed by atoms with E-state index in [1.54, 1.807) is 0 Å². The van der Waals surface area contributed by atoms with E-state index in [1.165, 1.54) is 0 Å². The van der Waals surface area contributed by atoms with Gasteiger partial charge in [-0.2, -0.15) is 0 Å². The van der Waals surface area contributed by atoms with E-state index < -0.39 is 40.4 Å². The third-order valence-electron chi connectivity index (χ3n) is 12.5. The van der Waals surface area contributed by atoms with Gasteiger partial charge >= 0.3 is 5.97 Å². The lowest BCUT2D eigenvalue weighted by Gasteiger charge is -2.52. The molecule has 2 saturated carbocycles. The van der Waals surface area contributed by atoms with Crippen LogP contribution in [0.5, 0.6) is 0 Å². The van der Waals surface area contributed by atoms with Crippen molar-refractivity contribution < 1.29 is 42.1 Å². The Bertz CT molecular complexity index is 1150. The fraction of sp³-hybridized carbons (Fsp3) is 0.921. The van der Waals surface area contributed by atoms with Crippen molar-refractivity contribution >= 4 is 22.6 Å². The first kappa shape index (κ1) is 39.6. The predicted octanol–water partition coefficient (Wildman–Crippen LogP) is 8.56. The molecule has 0 radical (unpaired) electrons. The summed E-state index contributed by atoms with van der Waals surface area (Å²) < 4.78 is 54.4. The minimum atomic E-state index is -2.31. The number of allylic oxidation sites excluding steroid dienone is 1. The van der Waals surface area contributed by atoms with Crippen LogP contribution in [-0.4, -0.2) is 90.1 Å². The van der Waals surface area contributed by atoms with Crippen LogP contribution in [0.4, 0.5) is 0 Å². The molecule has 2 aliphatic carbocycles. The van der Waals surface area contributed by atoms with Gasteiger partial charge in [-0.1, -0.05) is 53.7 Å². The maximum absolute atomic E-state index is 12.1. The van der Waals surface area contributed by atoms with Crippen LogP contribution in [0.25, 0.3) is 0 Å². The van der Waals surface area contributed by atoms with Crippen LogP contribution in [0.15, 0.2) is 12.2 Å². The van der Waals surface area contributed by atoms with Gasteiger partial charge in [0.05, 0.1) is 31.5 Å². The van der Waals surface area contributed by atoms with E-state index in [9.17, 15) is 4.79 Å². The summed E-state index contributed by atoms with van der Waals surface area (Å²) in [5.41, 5.74) is 0. The van der Waals surface area contributed by atoms with E-state index in [0.29, 0.717) is 32.5 Å². The zero-order valence-corrected chi connectivity index (χ0v) is 34.6. The van der Waals surface area contributed by atoms with E-state index in [1.807, 2.05) is 13.0 Å². The molecule has 0 aromatic heterocycles. The average molecular weight is 725 g/mol. The van der Waals surface area contributed by atoms with Crippen molar-refractivity contribution in [2.24, 2.45) is 0 Å². The molecule has 0 aromatic rings. The zero-order valence-electron chi connectivity index (χ0n) is 32.6. The summed E-state index contributed by atoms with van der Waals surface area (Å²) in [6.07, 6.45) is 11.4. The second-order valence-corrected chi connectivity index (χ2v) is 27.8. The second kappa shape index (κ2) is 15.0. The highest BCUT2D eigenvalue weighted by Gasteiger charge is 2.59. The monoisotopic (exact) mass is 724 g/mol. The Kier molecular flexibility index (Phi) is 12.1. The van der Waals surface area contributed by atoms with Crippen LogP contribution < -0.4 is 0 Å². The zero-order chi connectivity index (χ0) is 35.9. The van der Waals surface area contributed by atoms with Crippen molar-refractivity contribution in [1.29, 1.82) is 0 Å². The summed E-state index contributed by atoms with van der Waals surface area (Å²) in [5.74, 6) is -1.32. The molecule has 9 nitrogen and oxygen atoms in total. The number of ether oxygens (including phenoxy) is 6.